The standard InChI is InChI=1S/C20H23F2N5O2/c1-13(10-28-2)29-14-4-5-16-15(8-14)19(26-25-16)17-9-18(24-12-23-17)27-7-3-6-20(21,22)11-27/h4-5,8-9,12-13H,3,6-7,10-11H2,1-2H3,(H,25,26). The van der Waals surface area contributed by atoms with Gasteiger partial charge in [0.15, 0.2) is 0 Å². The van der Waals surface area contributed by atoms with Crippen molar-refractivity contribution in [2.24, 2.45) is 0 Å². The zero-order valence-electron chi connectivity index (χ0n) is 16.4. The highest BCUT2D eigenvalue weighted by Gasteiger charge is 2.35. The number of anilines is 1. The maximum atomic E-state index is 13.8. The highest BCUT2D eigenvalue weighted by Crippen LogP contribution is 2.32. The molecule has 1 aliphatic rings. The molecule has 1 saturated heterocycles. The number of benzene rings is 1. The normalized spacial score (nSPS) is 17.4. The summed E-state index contributed by atoms with van der Waals surface area (Å²) >= 11 is 0. The van der Waals surface area contributed by atoms with Crippen LogP contribution in [0.15, 0.2) is 30.6 Å². The molecule has 29 heavy (non-hydrogen) atoms. The van der Waals surface area contributed by atoms with E-state index in [2.05, 4.69) is 20.2 Å². The van der Waals surface area contributed by atoms with Gasteiger partial charge in [0, 0.05) is 31.5 Å². The summed E-state index contributed by atoms with van der Waals surface area (Å²) in [5.41, 5.74) is 2.02. The lowest BCUT2D eigenvalue weighted by molar-refractivity contribution is -0.0118. The van der Waals surface area contributed by atoms with E-state index in [1.807, 2.05) is 25.1 Å². The molecule has 0 aliphatic carbocycles. The van der Waals surface area contributed by atoms with Crippen molar-refractivity contribution in [3.05, 3.63) is 30.6 Å². The van der Waals surface area contributed by atoms with E-state index in [0.29, 0.717) is 42.5 Å². The minimum absolute atomic E-state index is 0.0876. The number of piperidine rings is 1. The number of hydrogen-bond acceptors (Lipinski definition) is 6. The largest absolute Gasteiger partial charge is 0.488 e. The number of aromatic amines is 1. The molecule has 0 bridgehead atoms. The van der Waals surface area contributed by atoms with Crippen LogP contribution in [0.5, 0.6) is 5.75 Å². The smallest absolute Gasteiger partial charge is 0.265 e. The fraction of sp³-hybridized carbons (Fsp3) is 0.450. The summed E-state index contributed by atoms with van der Waals surface area (Å²) in [4.78, 5) is 10.1. The molecule has 1 unspecified atom stereocenters. The Morgan fingerprint density at radius 3 is 2.93 bits per heavy atom. The van der Waals surface area contributed by atoms with E-state index in [9.17, 15) is 8.78 Å². The molecule has 1 aliphatic heterocycles. The average Bonchev–Trinajstić information content (AvgIpc) is 3.11. The Labute approximate surface area is 167 Å². The number of nitrogens with zero attached hydrogens (tertiary/aromatic N) is 4. The SMILES string of the molecule is COCC(C)Oc1ccc2[nH]nc(-c3cc(N4CCCC(F)(F)C4)ncn3)c2c1. The summed E-state index contributed by atoms with van der Waals surface area (Å²) in [6, 6.07) is 7.33. The second kappa shape index (κ2) is 7.90. The molecule has 4 rings (SSSR count). The van der Waals surface area contributed by atoms with E-state index in [1.165, 1.54) is 6.33 Å². The monoisotopic (exact) mass is 403 g/mol. The predicted molar refractivity (Wildman–Crippen MR) is 105 cm³/mol. The van der Waals surface area contributed by atoms with Crippen LogP contribution in [0.4, 0.5) is 14.6 Å². The van der Waals surface area contributed by atoms with Crippen molar-refractivity contribution in [1.82, 2.24) is 20.2 Å². The molecule has 1 aromatic carbocycles. The van der Waals surface area contributed by atoms with E-state index >= 15 is 0 Å². The number of methoxy groups -OCH3 is 1. The molecule has 0 amide bonds. The molecule has 0 spiro atoms. The van der Waals surface area contributed by atoms with Gasteiger partial charge in [-0.2, -0.15) is 5.10 Å². The minimum Gasteiger partial charge on any atom is -0.488 e. The van der Waals surface area contributed by atoms with Gasteiger partial charge in [0.05, 0.1) is 24.4 Å². The van der Waals surface area contributed by atoms with E-state index in [0.717, 1.165) is 10.9 Å². The number of hydrogen-bond donors (Lipinski definition) is 1. The Bertz CT molecular complexity index is 994. The molecular formula is C20H23F2N5O2. The fourth-order valence-electron chi connectivity index (χ4n) is 3.57. The summed E-state index contributed by atoms with van der Waals surface area (Å²) in [5.74, 6) is -1.53. The van der Waals surface area contributed by atoms with E-state index < -0.39 is 5.92 Å². The van der Waals surface area contributed by atoms with Crippen molar-refractivity contribution in [2.45, 2.75) is 31.8 Å². The molecule has 3 heterocycles. The van der Waals surface area contributed by atoms with Crippen molar-refractivity contribution >= 4 is 16.7 Å². The fourth-order valence-corrected chi connectivity index (χ4v) is 3.57. The van der Waals surface area contributed by atoms with Gasteiger partial charge in [-0.25, -0.2) is 18.7 Å². The van der Waals surface area contributed by atoms with Gasteiger partial charge < -0.3 is 14.4 Å². The van der Waals surface area contributed by atoms with E-state index in [-0.39, 0.29) is 19.1 Å². The Hall–Kier alpha value is -2.81. The summed E-state index contributed by atoms with van der Waals surface area (Å²) in [5, 5.41) is 8.19. The maximum absolute atomic E-state index is 13.8. The molecule has 1 fully saturated rings. The summed E-state index contributed by atoms with van der Waals surface area (Å²) in [6.45, 7) is 2.62. The van der Waals surface area contributed by atoms with Crippen LogP contribution < -0.4 is 9.64 Å². The number of aromatic nitrogens is 4. The quantitative estimate of drug-likeness (QED) is 0.677. The second-order valence-corrected chi connectivity index (χ2v) is 7.31. The average molecular weight is 403 g/mol. The van der Waals surface area contributed by atoms with Gasteiger partial charge in [-0.3, -0.25) is 5.10 Å². The molecular weight excluding hydrogens is 380 g/mol. The Balaban J connectivity index is 1.64. The van der Waals surface area contributed by atoms with Gasteiger partial charge in [-0.05, 0) is 31.5 Å². The number of ether oxygens (including phenoxy) is 2. The third kappa shape index (κ3) is 4.29. The number of rotatable bonds is 6. The van der Waals surface area contributed by atoms with Gasteiger partial charge in [0.1, 0.15) is 29.7 Å². The zero-order valence-corrected chi connectivity index (χ0v) is 16.4. The van der Waals surface area contributed by atoms with Gasteiger partial charge in [-0.1, -0.05) is 0 Å². The lowest BCUT2D eigenvalue weighted by atomic mass is 10.1. The second-order valence-electron chi connectivity index (χ2n) is 7.31. The minimum atomic E-state index is -2.70. The first kappa shape index (κ1) is 19.5. The van der Waals surface area contributed by atoms with Crippen LogP contribution in [0, 0.1) is 0 Å². The number of halogens is 2. The third-order valence-corrected chi connectivity index (χ3v) is 4.88. The number of H-pyrrole nitrogens is 1. The Kier molecular flexibility index (Phi) is 5.31. The van der Waals surface area contributed by atoms with Crippen LogP contribution in [0.1, 0.15) is 19.8 Å². The number of fused-ring (bicyclic) bond motifs is 1. The summed E-state index contributed by atoms with van der Waals surface area (Å²) < 4.78 is 38.6. The van der Waals surface area contributed by atoms with Crippen molar-refractivity contribution < 1.29 is 18.3 Å². The van der Waals surface area contributed by atoms with Crippen molar-refractivity contribution in [3.63, 3.8) is 0 Å². The first-order chi connectivity index (χ1) is 13.9. The zero-order chi connectivity index (χ0) is 20.4. The lowest BCUT2D eigenvalue weighted by Gasteiger charge is -2.33. The van der Waals surface area contributed by atoms with Gasteiger partial charge in [0.25, 0.3) is 5.92 Å². The van der Waals surface area contributed by atoms with Gasteiger partial charge >= 0.3 is 0 Å². The topological polar surface area (TPSA) is 76.2 Å². The van der Waals surface area contributed by atoms with Crippen LogP contribution in [0.25, 0.3) is 22.3 Å². The molecule has 0 radical (unpaired) electrons. The third-order valence-electron chi connectivity index (χ3n) is 4.88. The molecule has 1 N–H and O–H groups in total. The Morgan fingerprint density at radius 1 is 1.28 bits per heavy atom. The highest BCUT2D eigenvalue weighted by molar-refractivity contribution is 5.93. The molecule has 154 valence electrons. The first-order valence-corrected chi connectivity index (χ1v) is 9.54. The molecule has 7 nitrogen and oxygen atoms in total. The predicted octanol–water partition coefficient (Wildman–Crippen LogP) is 3.67. The van der Waals surface area contributed by atoms with Crippen molar-refractivity contribution in [3.8, 4) is 17.1 Å². The molecule has 9 heteroatoms. The van der Waals surface area contributed by atoms with Crippen LogP contribution >= 0.6 is 0 Å². The molecule has 1 atom stereocenters. The van der Waals surface area contributed by atoms with Crippen LogP contribution in [0.2, 0.25) is 0 Å². The van der Waals surface area contributed by atoms with Crippen LogP contribution in [0.3, 0.4) is 0 Å². The highest BCUT2D eigenvalue weighted by atomic mass is 19.3. The maximum Gasteiger partial charge on any atom is 0.265 e. The van der Waals surface area contributed by atoms with Gasteiger partial charge in [0.2, 0.25) is 0 Å². The van der Waals surface area contributed by atoms with E-state index in [1.54, 1.807) is 18.1 Å². The van der Waals surface area contributed by atoms with Crippen LogP contribution in [-0.2, 0) is 4.74 Å². The van der Waals surface area contributed by atoms with E-state index in [4.69, 9.17) is 9.47 Å². The Morgan fingerprint density at radius 2 is 2.14 bits per heavy atom. The number of alkyl halides is 2. The first-order valence-electron chi connectivity index (χ1n) is 9.54. The number of nitrogens with one attached hydrogen (secondary N) is 1. The summed E-state index contributed by atoms with van der Waals surface area (Å²) in [7, 11) is 1.63. The van der Waals surface area contributed by atoms with Crippen molar-refractivity contribution in [2.75, 3.05) is 31.7 Å². The molecule has 3 aromatic rings. The van der Waals surface area contributed by atoms with Gasteiger partial charge in [-0.15, -0.1) is 0 Å². The summed E-state index contributed by atoms with van der Waals surface area (Å²) in [6.07, 6.45) is 1.63. The molecule has 0 saturated carbocycles. The van der Waals surface area contributed by atoms with Crippen LogP contribution in [-0.4, -0.2) is 59.0 Å². The van der Waals surface area contributed by atoms with Crippen molar-refractivity contribution in [1.29, 1.82) is 0 Å². The lowest BCUT2D eigenvalue weighted by Crippen LogP contribution is -2.43. The molecule has 2 aromatic heterocycles.